The van der Waals surface area contributed by atoms with E-state index in [1.807, 2.05) is 11.8 Å². The molecule has 0 saturated carbocycles. The number of methoxy groups -OCH3 is 1. The average Bonchev–Trinajstić information content (AvgIpc) is 2.44. The summed E-state index contributed by atoms with van der Waals surface area (Å²) in [4.78, 5) is 24.6. The van der Waals surface area contributed by atoms with Crippen LogP contribution in [0.3, 0.4) is 0 Å². The Balaban J connectivity index is 2.59. The number of aliphatic carboxylic acids is 1. The molecule has 116 valence electrons. The van der Waals surface area contributed by atoms with Crippen molar-refractivity contribution in [2.24, 2.45) is 0 Å². The Hall–Kier alpha value is -2.08. The number of carboxylic acid groups (broad SMARTS) is 1. The number of nitrogens with one attached hydrogen (secondary N) is 1. The Morgan fingerprint density at radius 3 is 2.71 bits per heavy atom. The van der Waals surface area contributed by atoms with Gasteiger partial charge in [-0.05, 0) is 25.6 Å². The first-order chi connectivity index (χ1) is 9.96. The van der Waals surface area contributed by atoms with Crippen LogP contribution in [0.15, 0.2) is 24.3 Å². The van der Waals surface area contributed by atoms with Gasteiger partial charge < -0.3 is 15.2 Å². The van der Waals surface area contributed by atoms with Crippen LogP contribution in [0.2, 0.25) is 0 Å². The lowest BCUT2D eigenvalue weighted by atomic mass is 10.2. The Kier molecular flexibility index (Phi) is 6.68. The zero-order chi connectivity index (χ0) is 15.8. The number of anilines is 1. The molecule has 1 rings (SSSR count). The largest absolute Gasteiger partial charge is 0.497 e. The van der Waals surface area contributed by atoms with Crippen molar-refractivity contribution in [2.75, 3.05) is 25.5 Å². The molecule has 0 fully saturated rings. The van der Waals surface area contributed by atoms with Gasteiger partial charge in [0.05, 0.1) is 20.1 Å². The van der Waals surface area contributed by atoms with Crippen LogP contribution < -0.4 is 10.1 Å². The van der Waals surface area contributed by atoms with E-state index in [9.17, 15) is 9.59 Å². The number of ether oxygens (including phenoxy) is 1. The van der Waals surface area contributed by atoms with Gasteiger partial charge in [-0.2, -0.15) is 0 Å². The third-order valence-corrected chi connectivity index (χ3v) is 3.20. The first-order valence-corrected chi connectivity index (χ1v) is 6.86. The topological polar surface area (TPSA) is 78.9 Å². The van der Waals surface area contributed by atoms with Gasteiger partial charge in [0.1, 0.15) is 5.75 Å². The van der Waals surface area contributed by atoms with Crippen molar-refractivity contribution in [3.63, 3.8) is 0 Å². The highest BCUT2D eigenvalue weighted by molar-refractivity contribution is 5.92. The molecule has 1 aromatic rings. The second kappa shape index (κ2) is 8.26. The fourth-order valence-corrected chi connectivity index (χ4v) is 2.05. The summed E-state index contributed by atoms with van der Waals surface area (Å²) < 4.78 is 5.09. The number of benzene rings is 1. The molecule has 0 aromatic heterocycles. The number of hydrogen-bond acceptors (Lipinski definition) is 4. The van der Waals surface area contributed by atoms with Crippen LogP contribution in [-0.4, -0.2) is 48.1 Å². The fourth-order valence-electron chi connectivity index (χ4n) is 2.05. The Labute approximate surface area is 124 Å². The highest BCUT2D eigenvalue weighted by Gasteiger charge is 2.18. The van der Waals surface area contributed by atoms with E-state index >= 15 is 0 Å². The summed E-state index contributed by atoms with van der Waals surface area (Å²) in [5.41, 5.74) is 0.654. The molecule has 0 aliphatic heterocycles. The highest BCUT2D eigenvalue weighted by atomic mass is 16.5. The molecule has 21 heavy (non-hydrogen) atoms. The van der Waals surface area contributed by atoms with Crippen LogP contribution in [0.25, 0.3) is 0 Å². The molecule has 0 aliphatic rings. The molecule has 1 atom stereocenters. The second-order valence-electron chi connectivity index (χ2n) is 4.79. The zero-order valence-electron chi connectivity index (χ0n) is 12.6. The molecule has 0 aliphatic carbocycles. The number of nitrogens with zero attached hydrogens (tertiary/aromatic N) is 1. The number of carbonyl (C=O) groups is 2. The predicted molar refractivity (Wildman–Crippen MR) is 80.6 cm³/mol. The molecule has 0 saturated heterocycles. The van der Waals surface area contributed by atoms with E-state index in [1.54, 1.807) is 38.3 Å². The van der Waals surface area contributed by atoms with Crippen molar-refractivity contribution in [1.82, 2.24) is 4.90 Å². The van der Waals surface area contributed by atoms with E-state index in [-0.39, 0.29) is 24.9 Å². The average molecular weight is 294 g/mol. The van der Waals surface area contributed by atoms with Crippen LogP contribution in [0.4, 0.5) is 5.69 Å². The van der Waals surface area contributed by atoms with Crippen molar-refractivity contribution in [2.45, 2.75) is 26.3 Å². The monoisotopic (exact) mass is 294 g/mol. The van der Waals surface area contributed by atoms with E-state index < -0.39 is 5.97 Å². The number of likely N-dealkylation sites (N-methyl/N-ethyl adjacent to an activating group) is 1. The maximum Gasteiger partial charge on any atom is 0.304 e. The third-order valence-electron chi connectivity index (χ3n) is 3.20. The van der Waals surface area contributed by atoms with E-state index in [0.717, 1.165) is 0 Å². The summed E-state index contributed by atoms with van der Waals surface area (Å²) >= 11 is 0. The molecule has 0 bridgehead atoms. The number of carbonyl (C=O) groups excluding carboxylic acids is 1. The molecule has 6 nitrogen and oxygen atoms in total. The smallest absolute Gasteiger partial charge is 0.304 e. The first kappa shape index (κ1) is 17.0. The van der Waals surface area contributed by atoms with Gasteiger partial charge >= 0.3 is 5.97 Å². The molecule has 0 spiro atoms. The van der Waals surface area contributed by atoms with Gasteiger partial charge in [-0.3, -0.25) is 14.5 Å². The summed E-state index contributed by atoms with van der Waals surface area (Å²) in [5, 5.41) is 11.6. The van der Waals surface area contributed by atoms with Gasteiger partial charge in [0, 0.05) is 17.8 Å². The first-order valence-electron chi connectivity index (χ1n) is 6.86. The summed E-state index contributed by atoms with van der Waals surface area (Å²) in [5.74, 6) is -0.379. The Morgan fingerprint density at radius 2 is 2.14 bits per heavy atom. The van der Waals surface area contributed by atoms with Crippen LogP contribution >= 0.6 is 0 Å². The maximum atomic E-state index is 12.0. The molecule has 0 radical (unpaired) electrons. The number of amides is 1. The van der Waals surface area contributed by atoms with Gasteiger partial charge in [0.15, 0.2) is 0 Å². The predicted octanol–water partition coefficient (Wildman–Crippen LogP) is 1.82. The molecular formula is C15H22N2O4. The van der Waals surface area contributed by atoms with Gasteiger partial charge in [-0.1, -0.05) is 13.0 Å². The van der Waals surface area contributed by atoms with Gasteiger partial charge in [0.25, 0.3) is 0 Å². The summed E-state index contributed by atoms with van der Waals surface area (Å²) in [6.07, 6.45) is 0.0142. The molecule has 2 N–H and O–H groups in total. The molecule has 6 heteroatoms. The quantitative estimate of drug-likeness (QED) is 0.764. The second-order valence-corrected chi connectivity index (χ2v) is 4.79. The lowest BCUT2D eigenvalue weighted by Gasteiger charge is -2.25. The number of rotatable bonds is 8. The molecular weight excluding hydrogens is 272 g/mol. The third kappa shape index (κ3) is 5.83. The van der Waals surface area contributed by atoms with Gasteiger partial charge in [-0.15, -0.1) is 0 Å². The molecule has 0 heterocycles. The maximum absolute atomic E-state index is 12.0. The van der Waals surface area contributed by atoms with Crippen molar-refractivity contribution in [1.29, 1.82) is 0 Å². The van der Waals surface area contributed by atoms with Crippen molar-refractivity contribution in [3.05, 3.63) is 24.3 Å². The SMILES string of the molecule is CCN(CC(=O)Nc1cccc(OC)c1)C(C)CC(=O)O. The minimum atomic E-state index is -0.867. The minimum absolute atomic E-state index is 0.0142. The fraction of sp³-hybridized carbons (Fsp3) is 0.467. The minimum Gasteiger partial charge on any atom is -0.497 e. The summed E-state index contributed by atoms with van der Waals surface area (Å²) in [6.45, 7) is 4.47. The van der Waals surface area contributed by atoms with Crippen LogP contribution in [-0.2, 0) is 9.59 Å². The van der Waals surface area contributed by atoms with Crippen LogP contribution in [0.5, 0.6) is 5.75 Å². The lowest BCUT2D eigenvalue weighted by molar-refractivity contribution is -0.138. The van der Waals surface area contributed by atoms with Crippen LogP contribution in [0, 0.1) is 0 Å². The molecule has 1 amide bonds. The summed E-state index contributed by atoms with van der Waals surface area (Å²) in [6, 6.07) is 6.90. The zero-order valence-corrected chi connectivity index (χ0v) is 12.6. The normalized spacial score (nSPS) is 12.0. The van der Waals surface area contributed by atoms with Crippen molar-refractivity contribution < 1.29 is 19.4 Å². The Bertz CT molecular complexity index is 490. The lowest BCUT2D eigenvalue weighted by Crippen LogP contribution is -2.40. The van der Waals surface area contributed by atoms with E-state index in [0.29, 0.717) is 18.0 Å². The Morgan fingerprint density at radius 1 is 1.43 bits per heavy atom. The van der Waals surface area contributed by atoms with E-state index in [1.165, 1.54) is 0 Å². The van der Waals surface area contributed by atoms with Crippen LogP contribution in [0.1, 0.15) is 20.3 Å². The highest BCUT2D eigenvalue weighted by Crippen LogP contribution is 2.16. The van der Waals surface area contributed by atoms with Crippen molar-refractivity contribution >= 4 is 17.6 Å². The molecule has 1 unspecified atom stereocenters. The standard InChI is InChI=1S/C15H22N2O4/c1-4-17(11(2)8-15(19)20)10-14(18)16-12-6-5-7-13(9-12)21-3/h5-7,9,11H,4,8,10H2,1-3H3,(H,16,18)(H,19,20). The number of hydrogen-bond donors (Lipinski definition) is 2. The van der Waals surface area contributed by atoms with Gasteiger partial charge in [0.2, 0.25) is 5.91 Å². The van der Waals surface area contributed by atoms with E-state index in [2.05, 4.69) is 5.32 Å². The van der Waals surface area contributed by atoms with E-state index in [4.69, 9.17) is 9.84 Å². The summed E-state index contributed by atoms with van der Waals surface area (Å²) in [7, 11) is 1.56. The van der Waals surface area contributed by atoms with Crippen molar-refractivity contribution in [3.8, 4) is 5.75 Å². The number of carboxylic acids is 1. The van der Waals surface area contributed by atoms with Gasteiger partial charge in [-0.25, -0.2) is 0 Å². The molecule has 1 aromatic carbocycles.